The van der Waals surface area contributed by atoms with Gasteiger partial charge in [-0.2, -0.15) is 0 Å². The van der Waals surface area contributed by atoms with Crippen LogP contribution in [-0.2, 0) is 0 Å². The third-order valence-corrected chi connectivity index (χ3v) is 2.62. The van der Waals surface area contributed by atoms with Gasteiger partial charge in [0.05, 0.1) is 6.04 Å². The Hall–Kier alpha value is -1.88. The number of hydrogen-bond acceptors (Lipinski definition) is 3. The van der Waals surface area contributed by atoms with Gasteiger partial charge in [0.25, 0.3) is 0 Å². The monoisotopic (exact) mass is 247 g/mol. The van der Waals surface area contributed by atoms with Crippen LogP contribution < -0.4 is 16.4 Å². The maximum atomic E-state index is 12.1. The molecule has 1 aromatic carbocycles. The van der Waals surface area contributed by atoms with Gasteiger partial charge >= 0.3 is 0 Å². The van der Waals surface area contributed by atoms with Crippen molar-refractivity contribution < 1.29 is 4.79 Å². The zero-order valence-electron chi connectivity index (χ0n) is 10.5. The lowest BCUT2D eigenvalue weighted by atomic mass is 10.0. The van der Waals surface area contributed by atoms with E-state index in [9.17, 15) is 4.79 Å². The predicted octanol–water partition coefficient (Wildman–Crippen LogP) is 0.521. The molecule has 0 aliphatic heterocycles. The van der Waals surface area contributed by atoms with Crippen LogP contribution in [0.5, 0.6) is 0 Å². The van der Waals surface area contributed by atoms with Gasteiger partial charge in [-0.15, -0.1) is 0 Å². The third-order valence-electron chi connectivity index (χ3n) is 2.62. The first-order valence-electron chi connectivity index (χ1n) is 5.91. The van der Waals surface area contributed by atoms with Crippen molar-refractivity contribution in [1.29, 1.82) is 5.41 Å². The Morgan fingerprint density at radius 1 is 1.56 bits per heavy atom. The van der Waals surface area contributed by atoms with Crippen molar-refractivity contribution in [2.75, 3.05) is 13.6 Å². The Morgan fingerprint density at radius 3 is 2.89 bits per heavy atom. The van der Waals surface area contributed by atoms with Gasteiger partial charge in [0.1, 0.15) is 0 Å². The van der Waals surface area contributed by atoms with Gasteiger partial charge in [-0.1, -0.05) is 24.3 Å². The second-order valence-electron chi connectivity index (χ2n) is 3.96. The molecule has 5 heteroatoms. The summed E-state index contributed by atoms with van der Waals surface area (Å²) in [6.07, 6.45) is 1.46. The summed E-state index contributed by atoms with van der Waals surface area (Å²) < 4.78 is 0. The largest absolute Gasteiger partial charge is 0.370 e. The number of carbonyl (C=O) groups excluding carboxylic acids is 1. The zero-order valence-corrected chi connectivity index (χ0v) is 10.5. The van der Waals surface area contributed by atoms with Gasteiger partial charge in [0.2, 0.25) is 0 Å². The van der Waals surface area contributed by atoms with Crippen molar-refractivity contribution in [1.82, 2.24) is 10.6 Å². The number of hydrogen-bond donors (Lipinski definition) is 4. The van der Waals surface area contributed by atoms with Crippen LogP contribution >= 0.6 is 0 Å². The summed E-state index contributed by atoms with van der Waals surface area (Å²) in [5.74, 6) is -0.000322. The molecule has 1 rings (SSSR count). The van der Waals surface area contributed by atoms with Crippen LogP contribution in [0.2, 0.25) is 0 Å². The van der Waals surface area contributed by atoms with Crippen LogP contribution in [0.3, 0.4) is 0 Å². The molecule has 0 heterocycles. The lowest BCUT2D eigenvalue weighted by molar-refractivity contribution is 0.0941. The van der Waals surface area contributed by atoms with Crippen LogP contribution in [0.4, 0.5) is 0 Å². The molecular weight excluding hydrogens is 228 g/mol. The number of Topliss-reactive ketones (excluding diaryl/α,β-unsaturated/α-hetero) is 1. The van der Waals surface area contributed by atoms with E-state index in [1.54, 1.807) is 19.2 Å². The quantitative estimate of drug-likeness (QED) is 0.245. The predicted molar refractivity (Wildman–Crippen MR) is 71.6 cm³/mol. The normalized spacial score (nSPS) is 11.8. The van der Waals surface area contributed by atoms with E-state index in [-0.39, 0.29) is 17.8 Å². The van der Waals surface area contributed by atoms with Crippen LogP contribution in [0, 0.1) is 11.5 Å². The highest BCUT2D eigenvalue weighted by Crippen LogP contribution is 2.06. The summed E-state index contributed by atoms with van der Waals surface area (Å²) in [5.41, 5.74) is 5.77. The molecule has 0 amide bonds. The number of nitrogens with two attached hydrogens (primary N) is 1. The number of benzene rings is 1. The molecule has 1 radical (unpaired) electrons. The fraction of sp³-hybridized carbons (Fsp3) is 0.385. The van der Waals surface area contributed by atoms with Crippen LogP contribution in [0.25, 0.3) is 0 Å². The van der Waals surface area contributed by atoms with E-state index in [1.807, 2.05) is 12.1 Å². The minimum atomic E-state index is -0.225. The molecule has 0 bridgehead atoms. The first-order chi connectivity index (χ1) is 8.65. The van der Waals surface area contributed by atoms with Gasteiger partial charge < -0.3 is 16.4 Å². The summed E-state index contributed by atoms with van der Waals surface area (Å²) in [5, 5.41) is 12.7. The summed E-state index contributed by atoms with van der Waals surface area (Å²) in [6, 6.07) is 9.87. The molecular formula is C13H19N4O. The lowest BCUT2D eigenvalue weighted by Gasteiger charge is -2.15. The molecule has 18 heavy (non-hydrogen) atoms. The van der Waals surface area contributed by atoms with Gasteiger partial charge in [0.15, 0.2) is 11.7 Å². The molecule has 0 unspecified atom stereocenters. The molecule has 1 aromatic rings. The van der Waals surface area contributed by atoms with Crippen molar-refractivity contribution in [2.24, 2.45) is 5.73 Å². The zero-order chi connectivity index (χ0) is 13.4. The van der Waals surface area contributed by atoms with Crippen LogP contribution in [0.15, 0.2) is 24.3 Å². The Balaban J connectivity index is 2.46. The number of rotatable bonds is 7. The molecule has 5 N–H and O–H groups in total. The number of likely N-dealkylation sites (N-methyl/N-ethyl adjacent to an activating group) is 1. The highest BCUT2D eigenvalue weighted by Gasteiger charge is 2.17. The summed E-state index contributed by atoms with van der Waals surface area (Å²) in [4.78, 5) is 12.1. The van der Waals surface area contributed by atoms with Crippen molar-refractivity contribution >= 4 is 11.7 Å². The van der Waals surface area contributed by atoms with E-state index in [4.69, 9.17) is 11.1 Å². The molecule has 97 valence electrons. The molecule has 1 atom stereocenters. The van der Waals surface area contributed by atoms with Gasteiger partial charge in [-0.3, -0.25) is 10.2 Å². The standard InChI is InChI=1S/C13H19N4O/c1-16-11(8-5-9-17-13(14)15)12(18)10-6-3-2-4-7-10/h2-4,6,11,16H,5,8-9H2,1H3,(H4,14,15,17)/t11-/m0/s1. The molecule has 0 saturated heterocycles. The maximum Gasteiger partial charge on any atom is 0.185 e. The Labute approximate surface area is 107 Å². The van der Waals surface area contributed by atoms with E-state index in [0.717, 1.165) is 6.42 Å². The second kappa shape index (κ2) is 7.45. The molecule has 0 saturated carbocycles. The molecule has 0 spiro atoms. The van der Waals surface area contributed by atoms with Gasteiger partial charge in [0, 0.05) is 12.1 Å². The van der Waals surface area contributed by atoms with Gasteiger partial charge in [-0.05, 0) is 26.0 Å². The van der Waals surface area contributed by atoms with Crippen LogP contribution in [-0.4, -0.2) is 31.4 Å². The Bertz CT molecular complexity index is 391. The fourth-order valence-corrected chi connectivity index (χ4v) is 1.67. The number of guanidine groups is 1. The molecule has 0 aromatic heterocycles. The number of carbonyl (C=O) groups is 1. The topological polar surface area (TPSA) is 91.0 Å². The minimum Gasteiger partial charge on any atom is -0.370 e. The maximum absolute atomic E-state index is 12.1. The molecule has 0 aliphatic carbocycles. The fourth-order valence-electron chi connectivity index (χ4n) is 1.67. The van der Waals surface area contributed by atoms with E-state index >= 15 is 0 Å². The van der Waals surface area contributed by atoms with E-state index in [1.165, 1.54) is 0 Å². The molecule has 0 aliphatic rings. The first kappa shape index (κ1) is 14.2. The SMILES string of the molecule is CN[C@@H](CCCNC(=N)N)C(=O)c1[c]cccc1. The Morgan fingerprint density at radius 2 is 2.33 bits per heavy atom. The van der Waals surface area contributed by atoms with E-state index in [0.29, 0.717) is 18.5 Å². The number of ketones is 1. The smallest absolute Gasteiger partial charge is 0.185 e. The highest BCUT2D eigenvalue weighted by atomic mass is 16.1. The second-order valence-corrected chi connectivity index (χ2v) is 3.96. The van der Waals surface area contributed by atoms with E-state index < -0.39 is 0 Å². The van der Waals surface area contributed by atoms with Crippen molar-refractivity contribution in [3.05, 3.63) is 35.9 Å². The minimum absolute atomic E-state index is 0.0425. The van der Waals surface area contributed by atoms with E-state index in [2.05, 4.69) is 16.7 Å². The van der Waals surface area contributed by atoms with Crippen molar-refractivity contribution in [3.8, 4) is 0 Å². The van der Waals surface area contributed by atoms with Crippen LogP contribution in [0.1, 0.15) is 23.2 Å². The summed E-state index contributed by atoms with van der Waals surface area (Å²) in [7, 11) is 1.77. The number of nitrogens with one attached hydrogen (secondary N) is 3. The third kappa shape index (κ3) is 4.55. The first-order valence-corrected chi connectivity index (χ1v) is 5.91. The molecule has 5 nitrogen and oxygen atoms in total. The highest BCUT2D eigenvalue weighted by molar-refractivity contribution is 5.99. The average Bonchev–Trinajstić information content (AvgIpc) is 2.39. The van der Waals surface area contributed by atoms with Crippen molar-refractivity contribution in [2.45, 2.75) is 18.9 Å². The van der Waals surface area contributed by atoms with Crippen molar-refractivity contribution in [3.63, 3.8) is 0 Å². The summed E-state index contributed by atoms with van der Waals surface area (Å²) in [6.45, 7) is 0.597. The summed E-state index contributed by atoms with van der Waals surface area (Å²) >= 11 is 0. The average molecular weight is 247 g/mol. The lowest BCUT2D eigenvalue weighted by Crippen LogP contribution is -2.36. The van der Waals surface area contributed by atoms with Gasteiger partial charge in [-0.25, -0.2) is 0 Å². The molecule has 0 fully saturated rings. The Kier molecular flexibility index (Phi) is 5.87.